The van der Waals surface area contributed by atoms with Gasteiger partial charge in [-0.1, -0.05) is 12.1 Å². The first-order valence-electron chi connectivity index (χ1n) is 12.1. The standard InChI is InChI=1S/C29H26O12/c1-38-21-11-15(3-6-18(21)30)12-23(28(34)35)40-24(33)8-4-14-9-17-25(29(36)37)26(41-27(17)20(32)10-14)16-5-7-19(31)22(13-16)39-2/h3-11,13,23,25-26,30-32H,12H2,1-2H3,(H,34,35)(H,36,37)/b8-4+/t23-,25-,26-/m1/s1. The van der Waals surface area contributed by atoms with Crippen molar-refractivity contribution in [2.24, 2.45) is 0 Å². The van der Waals surface area contributed by atoms with Gasteiger partial charge in [-0.05, 0) is 59.2 Å². The third kappa shape index (κ3) is 6.11. The van der Waals surface area contributed by atoms with Crippen LogP contribution < -0.4 is 14.2 Å². The minimum Gasteiger partial charge on any atom is -0.504 e. The van der Waals surface area contributed by atoms with Crippen molar-refractivity contribution in [1.82, 2.24) is 0 Å². The number of phenols is 3. The number of hydrogen-bond acceptors (Lipinski definition) is 10. The lowest BCUT2D eigenvalue weighted by molar-refractivity contribution is -0.160. The van der Waals surface area contributed by atoms with Gasteiger partial charge in [0.25, 0.3) is 0 Å². The van der Waals surface area contributed by atoms with E-state index in [2.05, 4.69) is 0 Å². The number of methoxy groups -OCH3 is 2. The molecule has 214 valence electrons. The van der Waals surface area contributed by atoms with Gasteiger partial charge in [0.1, 0.15) is 12.0 Å². The molecule has 4 rings (SSSR count). The van der Waals surface area contributed by atoms with Crippen LogP contribution in [0.5, 0.6) is 34.5 Å². The number of esters is 1. The smallest absolute Gasteiger partial charge is 0.345 e. The van der Waals surface area contributed by atoms with E-state index in [9.17, 15) is 39.9 Å². The first-order chi connectivity index (χ1) is 19.5. The van der Waals surface area contributed by atoms with E-state index in [4.69, 9.17) is 18.9 Å². The highest BCUT2D eigenvalue weighted by atomic mass is 16.6. The Morgan fingerprint density at radius 3 is 2.20 bits per heavy atom. The van der Waals surface area contributed by atoms with Gasteiger partial charge in [0.15, 0.2) is 34.5 Å². The van der Waals surface area contributed by atoms with Gasteiger partial charge in [-0.25, -0.2) is 9.59 Å². The molecule has 0 unspecified atom stereocenters. The van der Waals surface area contributed by atoms with E-state index in [0.29, 0.717) is 11.1 Å². The summed E-state index contributed by atoms with van der Waals surface area (Å²) in [4.78, 5) is 36.4. The summed E-state index contributed by atoms with van der Waals surface area (Å²) in [6.07, 6.45) is -0.625. The second-order valence-electron chi connectivity index (χ2n) is 9.05. The largest absolute Gasteiger partial charge is 0.504 e. The zero-order valence-corrected chi connectivity index (χ0v) is 21.8. The number of phenolic OH excluding ortho intramolecular Hbond substituents is 3. The summed E-state index contributed by atoms with van der Waals surface area (Å²) in [7, 11) is 2.68. The molecule has 3 atom stereocenters. The average molecular weight is 567 g/mol. The van der Waals surface area contributed by atoms with Crippen molar-refractivity contribution in [3.8, 4) is 34.5 Å². The molecule has 0 fully saturated rings. The first kappa shape index (κ1) is 28.6. The Bertz CT molecular complexity index is 1530. The summed E-state index contributed by atoms with van der Waals surface area (Å²) >= 11 is 0. The van der Waals surface area contributed by atoms with Crippen LogP contribution in [0.15, 0.2) is 54.6 Å². The molecule has 1 heterocycles. The topological polar surface area (TPSA) is 189 Å². The maximum atomic E-state index is 12.5. The monoisotopic (exact) mass is 566 g/mol. The number of aliphatic carboxylic acids is 2. The van der Waals surface area contributed by atoms with E-state index >= 15 is 0 Å². The number of fused-ring (bicyclic) bond motifs is 1. The number of carbonyl (C=O) groups is 3. The van der Waals surface area contributed by atoms with Crippen LogP contribution in [0.2, 0.25) is 0 Å². The normalized spacial score (nSPS) is 16.4. The molecule has 41 heavy (non-hydrogen) atoms. The molecule has 0 amide bonds. The Labute approximate surface area is 233 Å². The van der Waals surface area contributed by atoms with Gasteiger partial charge in [0.05, 0.1) is 14.2 Å². The number of benzene rings is 3. The molecule has 0 aliphatic carbocycles. The van der Waals surface area contributed by atoms with Crippen molar-refractivity contribution >= 4 is 24.0 Å². The van der Waals surface area contributed by atoms with E-state index in [1.165, 1.54) is 68.8 Å². The molecule has 3 aromatic carbocycles. The SMILES string of the molecule is COc1cc(C[C@@H](OC(=O)/C=C/c2cc(O)c3c(c2)[C@@H](C(=O)O)[C@@H](c2ccc(O)c(OC)c2)O3)C(=O)O)ccc1O. The Morgan fingerprint density at radius 1 is 0.902 bits per heavy atom. The van der Waals surface area contributed by atoms with Crippen LogP contribution in [0, 0.1) is 0 Å². The van der Waals surface area contributed by atoms with Gasteiger partial charge in [-0.2, -0.15) is 0 Å². The van der Waals surface area contributed by atoms with Crippen LogP contribution in [-0.4, -0.2) is 63.8 Å². The maximum Gasteiger partial charge on any atom is 0.345 e. The number of aromatic hydroxyl groups is 3. The van der Waals surface area contributed by atoms with Crippen LogP contribution in [0.1, 0.15) is 34.3 Å². The lowest BCUT2D eigenvalue weighted by atomic mass is 9.90. The van der Waals surface area contributed by atoms with Crippen LogP contribution >= 0.6 is 0 Å². The summed E-state index contributed by atoms with van der Waals surface area (Å²) in [5.74, 6) is -5.34. The third-order valence-corrected chi connectivity index (χ3v) is 6.41. The maximum absolute atomic E-state index is 12.5. The Morgan fingerprint density at radius 2 is 1.56 bits per heavy atom. The lowest BCUT2D eigenvalue weighted by Gasteiger charge is -2.17. The van der Waals surface area contributed by atoms with Gasteiger partial charge < -0.3 is 44.5 Å². The van der Waals surface area contributed by atoms with E-state index < -0.39 is 36.0 Å². The Kier molecular flexibility index (Phi) is 8.22. The minimum absolute atomic E-state index is 0.0514. The van der Waals surface area contributed by atoms with Crippen LogP contribution in [0.25, 0.3) is 6.08 Å². The molecule has 0 bridgehead atoms. The highest BCUT2D eigenvalue weighted by Crippen LogP contribution is 2.51. The van der Waals surface area contributed by atoms with E-state index in [0.717, 1.165) is 6.08 Å². The molecule has 12 nitrogen and oxygen atoms in total. The number of hydrogen-bond donors (Lipinski definition) is 5. The molecule has 5 N–H and O–H groups in total. The molecule has 0 spiro atoms. The molecular weight excluding hydrogens is 540 g/mol. The van der Waals surface area contributed by atoms with Crippen molar-refractivity contribution < 1.29 is 58.9 Å². The van der Waals surface area contributed by atoms with Gasteiger partial charge in [0, 0.05) is 18.1 Å². The third-order valence-electron chi connectivity index (χ3n) is 6.41. The van der Waals surface area contributed by atoms with Gasteiger partial charge >= 0.3 is 17.9 Å². The van der Waals surface area contributed by atoms with Gasteiger partial charge in [-0.15, -0.1) is 0 Å². The zero-order chi connectivity index (χ0) is 29.8. The average Bonchev–Trinajstić information content (AvgIpc) is 3.33. The second kappa shape index (κ2) is 11.8. The Hall–Kier alpha value is -5.39. The van der Waals surface area contributed by atoms with Gasteiger partial charge in [-0.3, -0.25) is 4.79 Å². The first-order valence-corrected chi connectivity index (χ1v) is 12.1. The number of carboxylic acids is 2. The molecule has 3 aromatic rings. The second-order valence-corrected chi connectivity index (χ2v) is 9.05. The van der Waals surface area contributed by atoms with E-state index in [1.54, 1.807) is 0 Å². The van der Waals surface area contributed by atoms with Crippen molar-refractivity contribution in [1.29, 1.82) is 0 Å². The molecule has 0 saturated carbocycles. The quantitative estimate of drug-likeness (QED) is 0.178. The number of carboxylic acid groups (broad SMARTS) is 2. The van der Waals surface area contributed by atoms with Crippen LogP contribution in [0.3, 0.4) is 0 Å². The lowest BCUT2D eigenvalue weighted by Crippen LogP contribution is -2.28. The van der Waals surface area contributed by atoms with E-state index in [1.807, 2.05) is 0 Å². The molecule has 0 radical (unpaired) electrons. The fourth-order valence-corrected chi connectivity index (χ4v) is 4.45. The highest BCUT2D eigenvalue weighted by molar-refractivity contribution is 5.90. The summed E-state index contributed by atoms with van der Waals surface area (Å²) in [6, 6.07) is 11.1. The summed E-state index contributed by atoms with van der Waals surface area (Å²) in [6.45, 7) is 0. The molecule has 12 heteroatoms. The summed E-state index contributed by atoms with van der Waals surface area (Å²) in [5, 5.41) is 49.7. The van der Waals surface area contributed by atoms with Crippen molar-refractivity contribution in [3.63, 3.8) is 0 Å². The van der Waals surface area contributed by atoms with Gasteiger partial charge in [0.2, 0.25) is 6.10 Å². The summed E-state index contributed by atoms with van der Waals surface area (Å²) < 4.78 is 21.0. The number of ether oxygens (including phenoxy) is 4. The highest BCUT2D eigenvalue weighted by Gasteiger charge is 2.42. The molecule has 1 aliphatic heterocycles. The molecule has 1 aliphatic rings. The fourth-order valence-electron chi connectivity index (χ4n) is 4.45. The summed E-state index contributed by atoms with van der Waals surface area (Å²) in [5.41, 5.74) is 1.20. The van der Waals surface area contributed by atoms with Crippen LogP contribution in [0.4, 0.5) is 0 Å². The van der Waals surface area contributed by atoms with Crippen LogP contribution in [-0.2, 0) is 25.5 Å². The predicted molar refractivity (Wildman–Crippen MR) is 141 cm³/mol. The fraction of sp³-hybridized carbons (Fsp3) is 0.207. The number of carbonyl (C=O) groups excluding carboxylic acids is 1. The number of rotatable bonds is 10. The van der Waals surface area contributed by atoms with Crippen molar-refractivity contribution in [2.45, 2.75) is 24.5 Å². The van der Waals surface area contributed by atoms with E-state index in [-0.39, 0.29) is 52.0 Å². The predicted octanol–water partition coefficient (Wildman–Crippen LogP) is 3.37. The Balaban J connectivity index is 1.54. The molecule has 0 aromatic heterocycles. The molecular formula is C29H26O12. The van der Waals surface area contributed by atoms with Crippen molar-refractivity contribution in [3.05, 3.63) is 76.9 Å². The zero-order valence-electron chi connectivity index (χ0n) is 21.8. The minimum atomic E-state index is -1.55. The molecule has 0 saturated heterocycles. The van der Waals surface area contributed by atoms with Crippen molar-refractivity contribution in [2.75, 3.05) is 14.2 Å².